The van der Waals surface area contributed by atoms with Crippen molar-refractivity contribution in [1.82, 2.24) is 0 Å². The average Bonchev–Trinajstić information content (AvgIpc) is 2.20. The molecule has 0 N–H and O–H groups in total. The van der Waals surface area contributed by atoms with Crippen molar-refractivity contribution in [2.24, 2.45) is 0 Å². The van der Waals surface area contributed by atoms with E-state index in [1.807, 2.05) is 0 Å². The Kier molecular flexibility index (Phi) is 3.20. The van der Waals surface area contributed by atoms with E-state index in [1.54, 1.807) is 30.3 Å². The molecule has 0 aliphatic carbocycles. The van der Waals surface area contributed by atoms with E-state index in [4.69, 9.17) is 0 Å². The summed E-state index contributed by atoms with van der Waals surface area (Å²) in [6.45, 7) is 0. The fourth-order valence-electron chi connectivity index (χ4n) is 0.953. The van der Waals surface area contributed by atoms with Crippen molar-refractivity contribution in [2.75, 3.05) is 7.11 Å². The van der Waals surface area contributed by atoms with Crippen LogP contribution in [0.3, 0.4) is 0 Å². The highest BCUT2D eigenvalue weighted by Gasteiger charge is 2.11. The van der Waals surface area contributed by atoms with Crippen LogP contribution in [0.25, 0.3) is 5.57 Å². The summed E-state index contributed by atoms with van der Waals surface area (Å²) >= 11 is 0. The molecule has 1 rings (SSSR count). The fraction of sp³-hybridized carbons (Fsp3) is 0.100. The molecule has 0 saturated heterocycles. The summed E-state index contributed by atoms with van der Waals surface area (Å²) in [6, 6.07) is 8.52. The van der Waals surface area contributed by atoms with Crippen LogP contribution in [0.5, 0.6) is 0 Å². The molecule has 13 heavy (non-hydrogen) atoms. The van der Waals surface area contributed by atoms with Gasteiger partial charge in [-0.2, -0.15) is 0 Å². The van der Waals surface area contributed by atoms with Gasteiger partial charge in [0.25, 0.3) is 0 Å². The molecule has 68 valence electrons. The summed E-state index contributed by atoms with van der Waals surface area (Å²) in [4.78, 5) is 11.0. The number of benzene rings is 1. The van der Waals surface area contributed by atoms with Gasteiger partial charge in [-0.05, 0) is 5.56 Å². The van der Waals surface area contributed by atoms with Crippen molar-refractivity contribution in [3.8, 4) is 0 Å². The van der Waals surface area contributed by atoms with E-state index in [0.29, 0.717) is 5.56 Å². The van der Waals surface area contributed by atoms with Gasteiger partial charge < -0.3 is 4.74 Å². The van der Waals surface area contributed by atoms with Crippen molar-refractivity contribution in [2.45, 2.75) is 0 Å². The third-order valence-electron chi connectivity index (χ3n) is 1.60. The summed E-state index contributed by atoms with van der Waals surface area (Å²) in [5.74, 6) is -0.672. The minimum absolute atomic E-state index is 0.0666. The van der Waals surface area contributed by atoms with Crippen LogP contribution in [0.15, 0.2) is 36.7 Å². The molecule has 0 unspecified atom stereocenters. The van der Waals surface area contributed by atoms with Gasteiger partial charge in [0.15, 0.2) is 0 Å². The third-order valence-corrected chi connectivity index (χ3v) is 1.60. The van der Waals surface area contributed by atoms with Crippen molar-refractivity contribution in [3.63, 3.8) is 0 Å². The molecule has 0 radical (unpaired) electrons. The van der Waals surface area contributed by atoms with Gasteiger partial charge >= 0.3 is 5.97 Å². The van der Waals surface area contributed by atoms with Gasteiger partial charge in [0.2, 0.25) is 0 Å². The monoisotopic (exact) mass is 180 g/mol. The molecule has 3 heteroatoms. The molecule has 0 amide bonds. The summed E-state index contributed by atoms with van der Waals surface area (Å²) in [5.41, 5.74) is 0.444. The topological polar surface area (TPSA) is 26.3 Å². The second-order valence-corrected chi connectivity index (χ2v) is 2.38. The van der Waals surface area contributed by atoms with Crippen molar-refractivity contribution >= 4 is 11.5 Å². The number of methoxy groups -OCH3 is 1. The Hall–Kier alpha value is -1.64. The zero-order valence-electron chi connectivity index (χ0n) is 7.16. The molecule has 2 nitrogen and oxygen atoms in total. The maximum absolute atomic E-state index is 12.3. The molecule has 0 aromatic heterocycles. The van der Waals surface area contributed by atoms with E-state index in [2.05, 4.69) is 4.74 Å². The van der Waals surface area contributed by atoms with Crippen LogP contribution >= 0.6 is 0 Å². The van der Waals surface area contributed by atoms with Gasteiger partial charge in [0.05, 0.1) is 12.7 Å². The summed E-state index contributed by atoms with van der Waals surface area (Å²) in [5, 5.41) is 0. The zero-order chi connectivity index (χ0) is 9.68. The molecule has 0 atom stereocenters. The number of hydrogen-bond donors (Lipinski definition) is 0. The second-order valence-electron chi connectivity index (χ2n) is 2.38. The Balaban J connectivity index is 3.00. The lowest BCUT2D eigenvalue weighted by Gasteiger charge is -2.02. The molecule has 0 heterocycles. The normalized spacial score (nSPS) is 11.1. The highest BCUT2D eigenvalue weighted by molar-refractivity contribution is 6.16. The smallest absolute Gasteiger partial charge is 0.340 e. The first-order valence-corrected chi connectivity index (χ1v) is 3.73. The van der Waals surface area contributed by atoms with Crippen LogP contribution in [0, 0.1) is 0 Å². The predicted octanol–water partition coefficient (Wildman–Crippen LogP) is 2.17. The summed E-state index contributed by atoms with van der Waals surface area (Å²) in [7, 11) is 1.22. The van der Waals surface area contributed by atoms with Gasteiger partial charge in [-0.25, -0.2) is 9.18 Å². The van der Waals surface area contributed by atoms with Crippen molar-refractivity contribution in [1.29, 1.82) is 0 Å². The molecule has 1 aromatic carbocycles. The Morgan fingerprint density at radius 3 is 2.46 bits per heavy atom. The molecule has 1 aromatic rings. The van der Waals surface area contributed by atoms with E-state index in [-0.39, 0.29) is 11.9 Å². The maximum atomic E-state index is 12.3. The van der Waals surface area contributed by atoms with Gasteiger partial charge in [-0.15, -0.1) is 0 Å². The number of rotatable bonds is 2. The first-order chi connectivity index (χ1) is 6.29. The maximum Gasteiger partial charge on any atom is 0.340 e. The Morgan fingerprint density at radius 1 is 1.38 bits per heavy atom. The quantitative estimate of drug-likeness (QED) is 0.515. The zero-order valence-corrected chi connectivity index (χ0v) is 7.16. The lowest BCUT2D eigenvalue weighted by molar-refractivity contribution is -0.133. The van der Waals surface area contributed by atoms with Crippen LogP contribution in [0.2, 0.25) is 0 Å². The van der Waals surface area contributed by atoms with Gasteiger partial charge in [-0.1, -0.05) is 30.3 Å². The Morgan fingerprint density at radius 2 is 2.00 bits per heavy atom. The number of hydrogen-bond acceptors (Lipinski definition) is 2. The fourth-order valence-corrected chi connectivity index (χ4v) is 0.953. The number of esters is 1. The van der Waals surface area contributed by atoms with Gasteiger partial charge in [-0.3, -0.25) is 0 Å². The average molecular weight is 180 g/mol. The minimum Gasteiger partial charge on any atom is -0.465 e. The van der Waals surface area contributed by atoms with Crippen molar-refractivity contribution < 1.29 is 13.9 Å². The molecule has 0 fully saturated rings. The second kappa shape index (κ2) is 4.40. The largest absolute Gasteiger partial charge is 0.465 e. The molecule has 0 bridgehead atoms. The number of halogens is 1. The van der Waals surface area contributed by atoms with E-state index in [0.717, 1.165) is 0 Å². The number of carbonyl (C=O) groups is 1. The van der Waals surface area contributed by atoms with Gasteiger partial charge in [0, 0.05) is 0 Å². The van der Waals surface area contributed by atoms with E-state index in [1.165, 1.54) is 7.11 Å². The molecule has 0 aliphatic rings. The summed E-state index contributed by atoms with van der Waals surface area (Å²) < 4.78 is 16.7. The standard InChI is InChI=1S/C10H9FO2/c1-13-10(12)9(7-11)8-5-3-2-4-6-8/h2-7H,1H3. The predicted molar refractivity (Wildman–Crippen MR) is 47.5 cm³/mol. The van der Waals surface area contributed by atoms with Crippen LogP contribution in [-0.2, 0) is 9.53 Å². The first-order valence-electron chi connectivity index (χ1n) is 3.73. The number of ether oxygens (including phenoxy) is 1. The highest BCUT2D eigenvalue weighted by Crippen LogP contribution is 2.15. The summed E-state index contributed by atoms with van der Waals surface area (Å²) in [6.07, 6.45) is 0.251. The lowest BCUT2D eigenvalue weighted by atomic mass is 10.1. The van der Waals surface area contributed by atoms with Crippen LogP contribution < -0.4 is 0 Å². The van der Waals surface area contributed by atoms with Crippen LogP contribution in [0.4, 0.5) is 4.39 Å². The highest BCUT2D eigenvalue weighted by atomic mass is 19.1. The molecule has 0 saturated carbocycles. The minimum atomic E-state index is -0.672. The van der Waals surface area contributed by atoms with Crippen molar-refractivity contribution in [3.05, 3.63) is 42.2 Å². The molecular formula is C10H9FO2. The molecular weight excluding hydrogens is 171 g/mol. The SMILES string of the molecule is COC(=O)C(=CF)c1ccccc1. The van der Waals surface area contributed by atoms with E-state index in [9.17, 15) is 9.18 Å². The first kappa shape index (κ1) is 9.45. The van der Waals surface area contributed by atoms with Crippen LogP contribution in [-0.4, -0.2) is 13.1 Å². The van der Waals surface area contributed by atoms with Gasteiger partial charge in [0.1, 0.15) is 6.33 Å². The molecule has 0 spiro atoms. The van der Waals surface area contributed by atoms with E-state index >= 15 is 0 Å². The Labute approximate surface area is 75.6 Å². The van der Waals surface area contributed by atoms with Crippen LogP contribution in [0.1, 0.15) is 5.56 Å². The lowest BCUT2D eigenvalue weighted by Crippen LogP contribution is -2.03. The Bertz CT molecular complexity index is 317. The van der Waals surface area contributed by atoms with E-state index < -0.39 is 5.97 Å². The number of carbonyl (C=O) groups excluding carboxylic acids is 1. The molecule has 0 aliphatic heterocycles. The third kappa shape index (κ3) is 2.15.